The van der Waals surface area contributed by atoms with Gasteiger partial charge in [-0.25, -0.2) is 0 Å². The second-order valence-corrected chi connectivity index (χ2v) is 4.59. The molecule has 1 fully saturated rings. The number of amides is 1. The molecule has 2 rings (SSSR count). The van der Waals surface area contributed by atoms with Crippen LogP contribution in [0.1, 0.15) is 5.56 Å². The molecule has 1 aromatic rings. The summed E-state index contributed by atoms with van der Waals surface area (Å²) in [6.45, 7) is 0.697. The molecule has 1 heterocycles. The molecule has 1 saturated heterocycles. The van der Waals surface area contributed by atoms with Crippen molar-refractivity contribution in [2.75, 3.05) is 11.6 Å². The van der Waals surface area contributed by atoms with Gasteiger partial charge in [-0.15, -0.1) is 11.8 Å². The van der Waals surface area contributed by atoms with Gasteiger partial charge in [0.1, 0.15) is 0 Å². The first kappa shape index (κ1) is 9.87. The van der Waals surface area contributed by atoms with Crippen molar-refractivity contribution >= 4 is 29.3 Å². The Morgan fingerprint density at radius 1 is 1.36 bits per heavy atom. The fraction of sp³-hybridized carbons (Fsp3) is 0.300. The third-order valence-corrected chi connectivity index (χ3v) is 3.31. The fourth-order valence-corrected chi connectivity index (χ4v) is 2.38. The topological polar surface area (TPSA) is 20.3 Å². The molecule has 14 heavy (non-hydrogen) atoms. The van der Waals surface area contributed by atoms with Crippen LogP contribution >= 0.6 is 23.4 Å². The molecule has 0 bridgehead atoms. The lowest BCUT2D eigenvalue weighted by atomic mass is 10.2. The van der Waals surface area contributed by atoms with E-state index in [1.807, 2.05) is 29.2 Å². The van der Waals surface area contributed by atoms with Crippen LogP contribution in [0.2, 0.25) is 5.02 Å². The highest BCUT2D eigenvalue weighted by Gasteiger charge is 2.20. The molecule has 0 saturated carbocycles. The molecule has 1 aliphatic heterocycles. The van der Waals surface area contributed by atoms with E-state index >= 15 is 0 Å². The number of rotatable bonds is 2. The van der Waals surface area contributed by atoms with Crippen molar-refractivity contribution in [1.29, 1.82) is 0 Å². The Balaban J connectivity index is 2.03. The Hall–Kier alpha value is -0.670. The van der Waals surface area contributed by atoms with Crippen molar-refractivity contribution in [1.82, 2.24) is 4.90 Å². The molecule has 0 aromatic heterocycles. The van der Waals surface area contributed by atoms with E-state index in [1.54, 1.807) is 11.8 Å². The molecule has 0 aliphatic carbocycles. The van der Waals surface area contributed by atoms with Gasteiger partial charge in [-0.2, -0.15) is 0 Å². The molecule has 74 valence electrons. The van der Waals surface area contributed by atoms with Crippen LogP contribution in [0.3, 0.4) is 0 Å². The summed E-state index contributed by atoms with van der Waals surface area (Å²) in [4.78, 5) is 13.2. The van der Waals surface area contributed by atoms with E-state index in [9.17, 15) is 4.79 Å². The van der Waals surface area contributed by atoms with Gasteiger partial charge in [0.05, 0.1) is 11.6 Å². The summed E-state index contributed by atoms with van der Waals surface area (Å²) >= 11 is 7.44. The van der Waals surface area contributed by atoms with Gasteiger partial charge < -0.3 is 4.90 Å². The second kappa shape index (κ2) is 4.24. The first-order chi connectivity index (χ1) is 6.75. The van der Waals surface area contributed by atoms with E-state index in [1.165, 1.54) is 0 Å². The van der Waals surface area contributed by atoms with Gasteiger partial charge in [-0.1, -0.05) is 23.7 Å². The Morgan fingerprint density at radius 2 is 2.07 bits per heavy atom. The summed E-state index contributed by atoms with van der Waals surface area (Å²) < 4.78 is 0. The highest BCUT2D eigenvalue weighted by atomic mass is 35.5. The molecule has 0 spiro atoms. The number of carbonyl (C=O) groups is 1. The normalized spacial score (nSPS) is 16.4. The van der Waals surface area contributed by atoms with Gasteiger partial charge in [-0.3, -0.25) is 4.79 Å². The van der Waals surface area contributed by atoms with Gasteiger partial charge in [0.2, 0.25) is 5.91 Å². The van der Waals surface area contributed by atoms with Crippen LogP contribution in [0, 0.1) is 0 Å². The number of nitrogens with zero attached hydrogens (tertiary/aromatic N) is 1. The summed E-state index contributed by atoms with van der Waals surface area (Å²) in [6, 6.07) is 7.62. The lowest BCUT2D eigenvalue weighted by molar-refractivity contribution is -0.127. The summed E-state index contributed by atoms with van der Waals surface area (Å²) in [7, 11) is 0. The standard InChI is InChI=1S/C10H10ClNOS/c11-9-3-1-8(2-4-9)5-12-7-14-6-10(12)13/h1-4H,5-7H2. The van der Waals surface area contributed by atoms with Gasteiger partial charge >= 0.3 is 0 Å². The van der Waals surface area contributed by atoms with E-state index < -0.39 is 0 Å². The highest BCUT2D eigenvalue weighted by molar-refractivity contribution is 8.00. The molecule has 0 radical (unpaired) electrons. The maximum Gasteiger partial charge on any atom is 0.233 e. The van der Waals surface area contributed by atoms with Crippen LogP contribution in [0.15, 0.2) is 24.3 Å². The Morgan fingerprint density at radius 3 is 2.64 bits per heavy atom. The first-order valence-corrected chi connectivity index (χ1v) is 5.89. The molecule has 0 N–H and O–H groups in total. The number of halogens is 1. The third kappa shape index (κ3) is 2.22. The molecular weight excluding hydrogens is 218 g/mol. The zero-order valence-electron chi connectivity index (χ0n) is 7.57. The van der Waals surface area contributed by atoms with E-state index in [2.05, 4.69) is 0 Å². The SMILES string of the molecule is O=C1CSCN1Cc1ccc(Cl)cc1. The molecule has 1 amide bonds. The number of thioether (sulfide) groups is 1. The van der Waals surface area contributed by atoms with Gasteiger partial charge in [0, 0.05) is 11.6 Å². The molecular formula is C10H10ClNOS. The van der Waals surface area contributed by atoms with Gasteiger partial charge in [0.15, 0.2) is 0 Å². The number of benzene rings is 1. The van der Waals surface area contributed by atoms with Crippen LogP contribution in [0.25, 0.3) is 0 Å². The zero-order chi connectivity index (χ0) is 9.97. The maximum atomic E-state index is 11.3. The van der Waals surface area contributed by atoms with E-state index in [-0.39, 0.29) is 5.91 Å². The average Bonchev–Trinajstić information content (AvgIpc) is 2.56. The van der Waals surface area contributed by atoms with E-state index in [4.69, 9.17) is 11.6 Å². The van der Waals surface area contributed by atoms with Crippen molar-refractivity contribution in [3.63, 3.8) is 0 Å². The maximum absolute atomic E-state index is 11.3. The third-order valence-electron chi connectivity index (χ3n) is 2.11. The van der Waals surface area contributed by atoms with Crippen LogP contribution in [-0.4, -0.2) is 22.4 Å². The number of hydrogen-bond donors (Lipinski definition) is 0. The largest absolute Gasteiger partial charge is 0.328 e. The van der Waals surface area contributed by atoms with Crippen LogP contribution < -0.4 is 0 Å². The molecule has 2 nitrogen and oxygen atoms in total. The van der Waals surface area contributed by atoms with Crippen LogP contribution in [-0.2, 0) is 11.3 Å². The molecule has 4 heteroatoms. The number of carbonyl (C=O) groups excluding carboxylic acids is 1. The quantitative estimate of drug-likeness (QED) is 0.773. The minimum absolute atomic E-state index is 0.227. The van der Waals surface area contributed by atoms with Crippen molar-refractivity contribution in [3.8, 4) is 0 Å². The number of hydrogen-bond acceptors (Lipinski definition) is 2. The Labute approximate surface area is 92.2 Å². The smallest absolute Gasteiger partial charge is 0.233 e. The molecule has 1 aliphatic rings. The molecule has 1 aromatic carbocycles. The van der Waals surface area contributed by atoms with Crippen molar-refractivity contribution in [2.24, 2.45) is 0 Å². The van der Waals surface area contributed by atoms with Crippen molar-refractivity contribution < 1.29 is 4.79 Å². The Bertz CT molecular complexity index is 338. The summed E-state index contributed by atoms with van der Waals surface area (Å²) in [6.07, 6.45) is 0. The average molecular weight is 228 g/mol. The monoisotopic (exact) mass is 227 g/mol. The Kier molecular flexibility index (Phi) is 2.99. The minimum Gasteiger partial charge on any atom is -0.328 e. The lowest BCUT2D eigenvalue weighted by Crippen LogP contribution is -2.24. The summed E-state index contributed by atoms with van der Waals surface area (Å²) in [5, 5.41) is 0.732. The van der Waals surface area contributed by atoms with Crippen LogP contribution in [0.4, 0.5) is 0 Å². The summed E-state index contributed by atoms with van der Waals surface area (Å²) in [5.41, 5.74) is 1.13. The molecule has 0 atom stereocenters. The highest BCUT2D eigenvalue weighted by Crippen LogP contribution is 2.18. The molecule has 0 unspecified atom stereocenters. The summed E-state index contributed by atoms with van der Waals surface area (Å²) in [5.74, 6) is 1.65. The van der Waals surface area contributed by atoms with Crippen molar-refractivity contribution in [3.05, 3.63) is 34.9 Å². The predicted octanol–water partition coefficient (Wildman–Crippen LogP) is 2.37. The minimum atomic E-state index is 0.227. The van der Waals surface area contributed by atoms with Gasteiger partial charge in [0.25, 0.3) is 0 Å². The van der Waals surface area contributed by atoms with Crippen LogP contribution in [0.5, 0.6) is 0 Å². The predicted molar refractivity (Wildman–Crippen MR) is 59.3 cm³/mol. The van der Waals surface area contributed by atoms with Gasteiger partial charge in [-0.05, 0) is 17.7 Å². The van der Waals surface area contributed by atoms with E-state index in [0.29, 0.717) is 12.3 Å². The van der Waals surface area contributed by atoms with Crippen molar-refractivity contribution in [2.45, 2.75) is 6.54 Å². The second-order valence-electron chi connectivity index (χ2n) is 3.20. The lowest BCUT2D eigenvalue weighted by Gasteiger charge is -2.14. The first-order valence-electron chi connectivity index (χ1n) is 4.35. The zero-order valence-corrected chi connectivity index (χ0v) is 9.14. The fourth-order valence-electron chi connectivity index (χ4n) is 1.35. The van der Waals surface area contributed by atoms with E-state index in [0.717, 1.165) is 16.5 Å².